The number of hydrogen-bond donors (Lipinski definition) is 1. The van der Waals surface area contributed by atoms with Crippen molar-refractivity contribution in [1.82, 2.24) is 0 Å². The van der Waals surface area contributed by atoms with E-state index >= 15 is 0 Å². The summed E-state index contributed by atoms with van der Waals surface area (Å²) in [5, 5.41) is 8.48. The van der Waals surface area contributed by atoms with Crippen molar-refractivity contribution in [3.05, 3.63) is 58.9 Å². The molecule has 2 aromatic carbocycles. The van der Waals surface area contributed by atoms with Crippen molar-refractivity contribution in [1.29, 1.82) is 5.26 Å². The number of rotatable bonds is 3. The van der Waals surface area contributed by atoms with Gasteiger partial charge in [0, 0.05) is 0 Å². The summed E-state index contributed by atoms with van der Waals surface area (Å²) in [6.07, 6.45) is 0. The molecule has 0 radical (unpaired) electrons. The minimum absolute atomic E-state index is 0.0733. The minimum atomic E-state index is -3.94. The highest BCUT2D eigenvalue weighted by molar-refractivity contribution is 7.92. The standard InChI is InChI=1S/C13H8ClFN2O2S/c14-11-2-1-3-12(13(11)15)17-20(18,19)10-6-4-9(8-16)5-7-10/h1-7,17H. The lowest BCUT2D eigenvalue weighted by molar-refractivity contribution is 0.598. The SMILES string of the molecule is N#Cc1ccc(S(=O)(=O)Nc2cccc(Cl)c2F)cc1. The Morgan fingerprint density at radius 1 is 1.15 bits per heavy atom. The van der Waals surface area contributed by atoms with Gasteiger partial charge in [0.15, 0.2) is 5.82 Å². The smallest absolute Gasteiger partial charge is 0.261 e. The molecular weight excluding hydrogens is 303 g/mol. The minimum Gasteiger partial charge on any atom is -0.277 e. The number of benzene rings is 2. The maximum absolute atomic E-state index is 13.7. The molecule has 102 valence electrons. The second-order valence-electron chi connectivity index (χ2n) is 3.84. The summed E-state index contributed by atoms with van der Waals surface area (Å²) in [4.78, 5) is -0.0733. The number of hydrogen-bond acceptors (Lipinski definition) is 3. The first-order chi connectivity index (χ1) is 9.44. The van der Waals surface area contributed by atoms with E-state index in [1.807, 2.05) is 6.07 Å². The Labute approximate surface area is 120 Å². The van der Waals surface area contributed by atoms with Gasteiger partial charge in [0.2, 0.25) is 0 Å². The molecule has 4 nitrogen and oxygen atoms in total. The monoisotopic (exact) mass is 310 g/mol. The molecule has 0 aliphatic rings. The zero-order valence-corrected chi connectivity index (χ0v) is 11.5. The Balaban J connectivity index is 2.36. The van der Waals surface area contributed by atoms with Crippen molar-refractivity contribution in [3.63, 3.8) is 0 Å². The second-order valence-corrected chi connectivity index (χ2v) is 5.93. The zero-order valence-electron chi connectivity index (χ0n) is 9.97. The fourth-order valence-electron chi connectivity index (χ4n) is 1.49. The van der Waals surface area contributed by atoms with Gasteiger partial charge in [0.25, 0.3) is 10.0 Å². The number of halogens is 2. The highest BCUT2D eigenvalue weighted by Crippen LogP contribution is 2.24. The largest absolute Gasteiger partial charge is 0.277 e. The van der Waals surface area contributed by atoms with E-state index in [4.69, 9.17) is 16.9 Å². The van der Waals surface area contributed by atoms with Crippen LogP contribution in [0.5, 0.6) is 0 Å². The summed E-state index contributed by atoms with van der Waals surface area (Å²) in [6.45, 7) is 0. The van der Waals surface area contributed by atoms with Gasteiger partial charge in [-0.05, 0) is 36.4 Å². The quantitative estimate of drug-likeness (QED) is 0.946. The zero-order chi connectivity index (χ0) is 14.8. The van der Waals surface area contributed by atoms with Gasteiger partial charge in [-0.25, -0.2) is 12.8 Å². The van der Waals surface area contributed by atoms with Crippen molar-refractivity contribution in [3.8, 4) is 6.07 Å². The molecule has 0 aliphatic heterocycles. The van der Waals surface area contributed by atoms with E-state index in [9.17, 15) is 12.8 Å². The molecule has 0 fully saturated rings. The summed E-state index contributed by atoms with van der Waals surface area (Å²) in [6, 6.07) is 11.2. The van der Waals surface area contributed by atoms with E-state index in [1.54, 1.807) is 0 Å². The molecule has 0 aromatic heterocycles. The van der Waals surface area contributed by atoms with Crippen molar-refractivity contribution >= 4 is 27.3 Å². The molecule has 0 bridgehead atoms. The van der Waals surface area contributed by atoms with Crippen LogP contribution in [0.15, 0.2) is 47.4 Å². The van der Waals surface area contributed by atoms with Gasteiger partial charge in [0.1, 0.15) is 0 Å². The fraction of sp³-hybridized carbons (Fsp3) is 0. The van der Waals surface area contributed by atoms with Crippen LogP contribution in [-0.2, 0) is 10.0 Å². The molecule has 0 unspecified atom stereocenters. The van der Waals surface area contributed by atoms with Gasteiger partial charge >= 0.3 is 0 Å². The van der Waals surface area contributed by atoms with Crippen LogP contribution in [0.1, 0.15) is 5.56 Å². The molecule has 2 aromatic rings. The lowest BCUT2D eigenvalue weighted by Crippen LogP contribution is -2.14. The van der Waals surface area contributed by atoms with Crippen LogP contribution in [0.25, 0.3) is 0 Å². The topological polar surface area (TPSA) is 70.0 Å². The molecule has 1 N–H and O–H groups in total. The van der Waals surface area contributed by atoms with E-state index in [0.29, 0.717) is 5.56 Å². The Hall–Kier alpha value is -2.10. The molecule has 0 spiro atoms. The first-order valence-electron chi connectivity index (χ1n) is 5.41. The molecule has 7 heteroatoms. The number of nitrogens with one attached hydrogen (secondary N) is 1. The van der Waals surface area contributed by atoms with Gasteiger partial charge in [-0.2, -0.15) is 5.26 Å². The number of nitrogens with zero attached hydrogens (tertiary/aromatic N) is 1. The molecule has 20 heavy (non-hydrogen) atoms. The summed E-state index contributed by atoms with van der Waals surface area (Å²) in [7, 11) is -3.94. The van der Waals surface area contributed by atoms with Crippen molar-refractivity contribution in [2.45, 2.75) is 4.90 Å². The van der Waals surface area contributed by atoms with E-state index in [1.165, 1.54) is 42.5 Å². The van der Waals surface area contributed by atoms with Crippen LogP contribution in [0.2, 0.25) is 5.02 Å². The first kappa shape index (κ1) is 14.3. The summed E-state index contributed by atoms with van der Waals surface area (Å²) in [5.41, 5.74) is 0.0970. The average Bonchev–Trinajstić information content (AvgIpc) is 2.44. The lowest BCUT2D eigenvalue weighted by atomic mass is 10.2. The van der Waals surface area contributed by atoms with E-state index in [2.05, 4.69) is 4.72 Å². The van der Waals surface area contributed by atoms with Crippen molar-refractivity contribution in [2.75, 3.05) is 4.72 Å². The molecule has 0 aliphatic carbocycles. The van der Waals surface area contributed by atoms with Crippen LogP contribution in [0.3, 0.4) is 0 Å². The molecule has 0 amide bonds. The molecular formula is C13H8ClFN2O2S. The molecule has 0 saturated carbocycles. The van der Waals surface area contributed by atoms with Gasteiger partial charge < -0.3 is 0 Å². The number of sulfonamides is 1. The molecule has 2 rings (SSSR count). The normalized spacial score (nSPS) is 10.8. The summed E-state index contributed by atoms with van der Waals surface area (Å²) < 4.78 is 39.9. The number of anilines is 1. The molecule has 0 heterocycles. The Bertz CT molecular complexity index is 783. The van der Waals surface area contributed by atoms with Gasteiger partial charge in [-0.3, -0.25) is 4.72 Å². The highest BCUT2D eigenvalue weighted by Gasteiger charge is 2.17. The fourth-order valence-corrected chi connectivity index (χ4v) is 2.73. The maximum Gasteiger partial charge on any atom is 0.261 e. The molecule has 0 saturated heterocycles. The van der Waals surface area contributed by atoms with Crippen molar-refractivity contribution in [2.24, 2.45) is 0 Å². The van der Waals surface area contributed by atoms with Gasteiger partial charge in [-0.1, -0.05) is 17.7 Å². The predicted octanol–water partition coefficient (Wildman–Crippen LogP) is 3.15. The van der Waals surface area contributed by atoms with E-state index in [-0.39, 0.29) is 15.6 Å². The number of nitriles is 1. The van der Waals surface area contributed by atoms with Gasteiger partial charge in [-0.15, -0.1) is 0 Å². The van der Waals surface area contributed by atoms with Crippen LogP contribution < -0.4 is 4.72 Å². The van der Waals surface area contributed by atoms with Crippen LogP contribution in [0, 0.1) is 17.1 Å². The second kappa shape index (κ2) is 5.49. The predicted molar refractivity (Wildman–Crippen MR) is 73.4 cm³/mol. The van der Waals surface area contributed by atoms with Crippen LogP contribution in [-0.4, -0.2) is 8.42 Å². The van der Waals surface area contributed by atoms with E-state index < -0.39 is 15.8 Å². The van der Waals surface area contributed by atoms with Crippen LogP contribution >= 0.6 is 11.6 Å². The third-order valence-electron chi connectivity index (χ3n) is 2.49. The maximum atomic E-state index is 13.7. The third-order valence-corrected chi connectivity index (χ3v) is 4.16. The average molecular weight is 311 g/mol. The first-order valence-corrected chi connectivity index (χ1v) is 7.27. The summed E-state index contributed by atoms with van der Waals surface area (Å²) in [5.74, 6) is -0.841. The Morgan fingerprint density at radius 2 is 1.80 bits per heavy atom. The van der Waals surface area contributed by atoms with Crippen molar-refractivity contribution < 1.29 is 12.8 Å². The van der Waals surface area contributed by atoms with Crippen LogP contribution in [0.4, 0.5) is 10.1 Å². The summed E-state index contributed by atoms with van der Waals surface area (Å²) >= 11 is 5.58. The Morgan fingerprint density at radius 3 is 2.40 bits per heavy atom. The van der Waals surface area contributed by atoms with Gasteiger partial charge in [0.05, 0.1) is 27.2 Å². The highest BCUT2D eigenvalue weighted by atomic mass is 35.5. The van der Waals surface area contributed by atoms with E-state index in [0.717, 1.165) is 0 Å². The third kappa shape index (κ3) is 2.90. The molecule has 0 atom stereocenters. The lowest BCUT2D eigenvalue weighted by Gasteiger charge is -2.09. The Kier molecular flexibility index (Phi) is 3.93.